The molecular formula is C7H5ClN2S. The van der Waals surface area contributed by atoms with Crippen LogP contribution in [0.3, 0.4) is 0 Å². The summed E-state index contributed by atoms with van der Waals surface area (Å²) in [6.45, 7) is 0. The van der Waals surface area contributed by atoms with Crippen molar-refractivity contribution in [3.05, 3.63) is 23.4 Å². The van der Waals surface area contributed by atoms with Crippen LogP contribution >= 0.6 is 24.2 Å². The third-order valence-corrected chi connectivity index (χ3v) is 2.06. The molecule has 1 aromatic heterocycles. The molecule has 0 spiro atoms. The van der Waals surface area contributed by atoms with Gasteiger partial charge in [0.15, 0.2) is 0 Å². The Labute approximate surface area is 74.0 Å². The van der Waals surface area contributed by atoms with Gasteiger partial charge in [-0.1, -0.05) is 11.6 Å². The second-order valence-electron chi connectivity index (χ2n) is 2.24. The number of halogens is 1. The van der Waals surface area contributed by atoms with Crippen molar-refractivity contribution in [2.24, 2.45) is 0 Å². The lowest BCUT2D eigenvalue weighted by atomic mass is 10.3. The van der Waals surface area contributed by atoms with E-state index in [1.54, 1.807) is 0 Å². The van der Waals surface area contributed by atoms with E-state index in [1.165, 1.54) is 0 Å². The van der Waals surface area contributed by atoms with Crippen molar-refractivity contribution in [1.29, 1.82) is 0 Å². The van der Waals surface area contributed by atoms with E-state index in [0.717, 1.165) is 15.8 Å². The Kier molecular flexibility index (Phi) is 1.55. The molecule has 56 valence electrons. The summed E-state index contributed by atoms with van der Waals surface area (Å²) < 4.78 is 0. The normalized spacial score (nSPS) is 10.7. The Bertz CT molecular complexity index is 396. The Morgan fingerprint density at radius 2 is 2.27 bits per heavy atom. The Morgan fingerprint density at radius 3 is 3.09 bits per heavy atom. The van der Waals surface area contributed by atoms with Gasteiger partial charge in [0.05, 0.1) is 5.52 Å². The number of H-pyrrole nitrogens is 1. The summed E-state index contributed by atoms with van der Waals surface area (Å²) in [4.78, 5) is 0.890. The van der Waals surface area contributed by atoms with Gasteiger partial charge in [-0.05, 0) is 18.2 Å². The van der Waals surface area contributed by atoms with E-state index in [1.807, 2.05) is 18.2 Å². The van der Waals surface area contributed by atoms with Crippen molar-refractivity contribution in [2.45, 2.75) is 4.90 Å². The standard InChI is InChI=1S/C7H5ClN2S/c8-7-5-2-1-4(11)3-6(5)9-10-7/h1-3,11H,(H,9,10). The Morgan fingerprint density at radius 1 is 1.45 bits per heavy atom. The molecule has 0 fully saturated rings. The Balaban J connectivity index is 2.86. The van der Waals surface area contributed by atoms with E-state index in [4.69, 9.17) is 11.6 Å². The van der Waals surface area contributed by atoms with Gasteiger partial charge in [-0.3, -0.25) is 5.10 Å². The van der Waals surface area contributed by atoms with E-state index >= 15 is 0 Å². The summed E-state index contributed by atoms with van der Waals surface area (Å²) in [5.74, 6) is 0. The summed E-state index contributed by atoms with van der Waals surface area (Å²) in [5, 5.41) is 8.17. The van der Waals surface area contributed by atoms with Gasteiger partial charge in [0.1, 0.15) is 5.15 Å². The van der Waals surface area contributed by atoms with Gasteiger partial charge in [-0.2, -0.15) is 5.10 Å². The quantitative estimate of drug-likeness (QED) is 0.606. The molecular weight excluding hydrogens is 180 g/mol. The van der Waals surface area contributed by atoms with Crippen molar-refractivity contribution in [3.8, 4) is 0 Å². The van der Waals surface area contributed by atoms with Crippen LogP contribution in [0.4, 0.5) is 0 Å². The van der Waals surface area contributed by atoms with Gasteiger partial charge < -0.3 is 0 Å². The number of benzene rings is 1. The van der Waals surface area contributed by atoms with Crippen LogP contribution in [0.15, 0.2) is 23.1 Å². The second-order valence-corrected chi connectivity index (χ2v) is 3.13. The van der Waals surface area contributed by atoms with Crippen molar-refractivity contribution >= 4 is 35.1 Å². The first-order valence-corrected chi connectivity index (χ1v) is 3.92. The van der Waals surface area contributed by atoms with Gasteiger partial charge in [-0.15, -0.1) is 12.6 Å². The highest BCUT2D eigenvalue weighted by molar-refractivity contribution is 7.80. The number of thiol groups is 1. The number of fused-ring (bicyclic) bond motifs is 1. The average Bonchev–Trinajstić information content (AvgIpc) is 2.32. The molecule has 1 heterocycles. The molecule has 0 atom stereocenters. The molecule has 2 nitrogen and oxygen atoms in total. The minimum absolute atomic E-state index is 0.577. The van der Waals surface area contributed by atoms with Gasteiger partial charge in [0, 0.05) is 10.3 Å². The summed E-state index contributed by atoms with van der Waals surface area (Å²) in [5.41, 5.74) is 0.850. The molecule has 0 radical (unpaired) electrons. The fourth-order valence-corrected chi connectivity index (χ4v) is 1.37. The smallest absolute Gasteiger partial charge is 0.132 e. The lowest BCUT2D eigenvalue weighted by Crippen LogP contribution is -1.67. The zero-order valence-corrected chi connectivity index (χ0v) is 7.15. The summed E-state index contributed by atoms with van der Waals surface area (Å²) in [6, 6.07) is 5.64. The molecule has 4 heteroatoms. The highest BCUT2D eigenvalue weighted by Gasteiger charge is 2.00. The molecule has 0 bridgehead atoms. The maximum atomic E-state index is 5.78. The van der Waals surface area contributed by atoms with Crippen LogP contribution in [0.25, 0.3) is 10.9 Å². The highest BCUT2D eigenvalue weighted by atomic mass is 35.5. The predicted molar refractivity (Wildman–Crippen MR) is 48.4 cm³/mol. The van der Waals surface area contributed by atoms with Crippen LogP contribution in [0, 0.1) is 0 Å². The molecule has 1 N–H and O–H groups in total. The maximum Gasteiger partial charge on any atom is 0.132 e. The van der Waals surface area contributed by atoms with Crippen LogP contribution in [0.5, 0.6) is 0 Å². The lowest BCUT2D eigenvalue weighted by Gasteiger charge is -1.88. The van der Waals surface area contributed by atoms with E-state index in [2.05, 4.69) is 22.8 Å². The zero-order valence-electron chi connectivity index (χ0n) is 5.50. The molecule has 0 aliphatic rings. The monoisotopic (exact) mass is 184 g/mol. The van der Waals surface area contributed by atoms with E-state index in [0.29, 0.717) is 5.15 Å². The third kappa shape index (κ3) is 1.10. The molecule has 0 unspecified atom stereocenters. The summed E-state index contributed by atoms with van der Waals surface area (Å²) in [6.07, 6.45) is 0. The van der Waals surface area contributed by atoms with Crippen LogP contribution < -0.4 is 0 Å². The number of aromatic nitrogens is 2. The average molecular weight is 185 g/mol. The first kappa shape index (κ1) is 7.00. The fraction of sp³-hybridized carbons (Fsp3) is 0. The van der Waals surface area contributed by atoms with Gasteiger partial charge in [-0.25, -0.2) is 0 Å². The predicted octanol–water partition coefficient (Wildman–Crippen LogP) is 2.51. The van der Waals surface area contributed by atoms with Crippen molar-refractivity contribution < 1.29 is 0 Å². The summed E-state index contributed by atoms with van der Waals surface area (Å²) >= 11 is 9.95. The maximum absolute atomic E-state index is 5.78. The van der Waals surface area contributed by atoms with Crippen molar-refractivity contribution in [1.82, 2.24) is 10.2 Å². The largest absolute Gasteiger partial charge is 0.266 e. The number of nitrogens with zero attached hydrogens (tertiary/aromatic N) is 1. The molecule has 0 aliphatic carbocycles. The van der Waals surface area contributed by atoms with Crippen molar-refractivity contribution in [3.63, 3.8) is 0 Å². The molecule has 0 amide bonds. The van der Waals surface area contributed by atoms with Crippen molar-refractivity contribution in [2.75, 3.05) is 0 Å². The van der Waals surface area contributed by atoms with Gasteiger partial charge in [0.2, 0.25) is 0 Å². The molecule has 11 heavy (non-hydrogen) atoms. The minimum atomic E-state index is 0.577. The topological polar surface area (TPSA) is 28.7 Å². The highest BCUT2D eigenvalue weighted by Crippen LogP contribution is 2.22. The number of aromatic amines is 1. The fourth-order valence-electron chi connectivity index (χ4n) is 0.968. The van der Waals surface area contributed by atoms with E-state index < -0.39 is 0 Å². The molecule has 0 saturated heterocycles. The van der Waals surface area contributed by atoms with Crippen LogP contribution in [-0.2, 0) is 0 Å². The molecule has 1 aromatic carbocycles. The van der Waals surface area contributed by atoms with Gasteiger partial charge >= 0.3 is 0 Å². The zero-order chi connectivity index (χ0) is 7.84. The van der Waals surface area contributed by atoms with Crippen LogP contribution in [0.2, 0.25) is 5.15 Å². The number of hydrogen-bond donors (Lipinski definition) is 2. The first-order valence-electron chi connectivity index (χ1n) is 3.10. The second kappa shape index (κ2) is 2.43. The SMILES string of the molecule is Sc1ccc2c(Cl)[nH]nc2c1. The third-order valence-electron chi connectivity index (χ3n) is 1.49. The number of hydrogen-bond acceptors (Lipinski definition) is 2. The van der Waals surface area contributed by atoms with Gasteiger partial charge in [0.25, 0.3) is 0 Å². The molecule has 2 rings (SSSR count). The summed E-state index contributed by atoms with van der Waals surface area (Å²) in [7, 11) is 0. The van der Waals surface area contributed by atoms with Crippen LogP contribution in [0.1, 0.15) is 0 Å². The van der Waals surface area contributed by atoms with E-state index in [-0.39, 0.29) is 0 Å². The van der Waals surface area contributed by atoms with E-state index in [9.17, 15) is 0 Å². The lowest BCUT2D eigenvalue weighted by molar-refractivity contribution is 1.12. The molecule has 2 aromatic rings. The number of rotatable bonds is 0. The molecule has 0 saturated carbocycles. The molecule has 0 aliphatic heterocycles. The Hall–Kier alpha value is -0.670. The minimum Gasteiger partial charge on any atom is -0.266 e. The number of nitrogens with one attached hydrogen (secondary N) is 1. The van der Waals surface area contributed by atoms with Crippen LogP contribution in [-0.4, -0.2) is 10.2 Å². The first-order chi connectivity index (χ1) is 5.27.